The largest absolute Gasteiger partial charge is 0.469 e. The average molecular weight is 239 g/mol. The first-order valence-corrected chi connectivity index (χ1v) is 4.96. The Morgan fingerprint density at radius 1 is 1.47 bits per heavy atom. The summed E-state index contributed by atoms with van der Waals surface area (Å²) in [5, 5.41) is 2.40. The lowest BCUT2D eigenvalue weighted by molar-refractivity contribution is -0.142. The molecule has 1 heterocycles. The third kappa shape index (κ3) is 3.75. The molecule has 0 bridgehead atoms. The summed E-state index contributed by atoms with van der Waals surface area (Å²) in [5.41, 5.74) is 0. The maximum Gasteiger partial charge on any atom is 0.308 e. The summed E-state index contributed by atoms with van der Waals surface area (Å²) in [6.45, 7) is 1.29. The molecule has 0 aliphatic rings. The van der Waals surface area contributed by atoms with Crippen LogP contribution in [0.15, 0.2) is 22.8 Å². The molecule has 0 fully saturated rings. The number of methoxy groups -OCH3 is 1. The molecule has 1 N–H and O–H groups in total. The van der Waals surface area contributed by atoms with Gasteiger partial charge in [-0.1, -0.05) is 0 Å². The molecule has 17 heavy (non-hydrogen) atoms. The molecule has 0 radical (unpaired) electrons. The van der Waals surface area contributed by atoms with Crippen molar-refractivity contribution >= 4 is 17.7 Å². The second-order valence-corrected chi connectivity index (χ2v) is 3.39. The highest BCUT2D eigenvalue weighted by Gasteiger charge is 2.22. The van der Waals surface area contributed by atoms with Crippen molar-refractivity contribution in [2.45, 2.75) is 19.4 Å². The third-order valence-corrected chi connectivity index (χ3v) is 2.14. The van der Waals surface area contributed by atoms with E-state index < -0.39 is 17.9 Å². The fourth-order valence-electron chi connectivity index (χ4n) is 1.18. The van der Waals surface area contributed by atoms with Gasteiger partial charge in [-0.3, -0.25) is 14.4 Å². The maximum atomic E-state index is 11.6. The Labute approximate surface area is 97.9 Å². The third-order valence-electron chi connectivity index (χ3n) is 2.14. The van der Waals surface area contributed by atoms with Crippen molar-refractivity contribution in [2.24, 2.45) is 0 Å². The van der Waals surface area contributed by atoms with Crippen LogP contribution in [0, 0.1) is 0 Å². The van der Waals surface area contributed by atoms with E-state index in [-0.39, 0.29) is 18.0 Å². The summed E-state index contributed by atoms with van der Waals surface area (Å²) < 4.78 is 9.30. The van der Waals surface area contributed by atoms with Crippen LogP contribution in [-0.4, -0.2) is 30.8 Å². The Morgan fingerprint density at radius 2 is 2.18 bits per heavy atom. The van der Waals surface area contributed by atoms with Crippen LogP contribution >= 0.6 is 0 Å². The number of amides is 1. The van der Waals surface area contributed by atoms with E-state index in [4.69, 9.17) is 4.42 Å². The molecule has 0 saturated heterocycles. The van der Waals surface area contributed by atoms with Crippen LogP contribution in [0.3, 0.4) is 0 Å². The van der Waals surface area contributed by atoms with Gasteiger partial charge in [-0.2, -0.15) is 0 Å². The van der Waals surface area contributed by atoms with Gasteiger partial charge >= 0.3 is 5.97 Å². The molecule has 1 rings (SSSR count). The normalized spacial score (nSPS) is 11.6. The molecule has 1 atom stereocenters. The number of carbonyl (C=O) groups excluding carboxylic acids is 3. The van der Waals surface area contributed by atoms with Gasteiger partial charge in [-0.05, 0) is 19.1 Å². The van der Waals surface area contributed by atoms with Crippen molar-refractivity contribution in [1.82, 2.24) is 5.32 Å². The highest BCUT2D eigenvalue weighted by molar-refractivity contribution is 5.96. The predicted octanol–water partition coefficient (Wildman–Crippen LogP) is 0.530. The zero-order chi connectivity index (χ0) is 12.8. The molecule has 6 nitrogen and oxygen atoms in total. The maximum absolute atomic E-state index is 11.6. The predicted molar refractivity (Wildman–Crippen MR) is 57.3 cm³/mol. The van der Waals surface area contributed by atoms with Gasteiger partial charge in [0.05, 0.1) is 25.8 Å². The second kappa shape index (κ2) is 5.83. The first-order valence-electron chi connectivity index (χ1n) is 4.96. The smallest absolute Gasteiger partial charge is 0.308 e. The molecular formula is C11H13NO5. The number of carbonyl (C=O) groups is 3. The van der Waals surface area contributed by atoms with E-state index in [1.165, 1.54) is 26.4 Å². The van der Waals surface area contributed by atoms with Crippen molar-refractivity contribution in [1.29, 1.82) is 0 Å². The lowest BCUT2D eigenvalue weighted by Gasteiger charge is -2.13. The molecular weight excluding hydrogens is 226 g/mol. The van der Waals surface area contributed by atoms with Crippen LogP contribution in [-0.2, 0) is 14.3 Å². The monoisotopic (exact) mass is 239 g/mol. The number of ether oxygens (including phenoxy) is 1. The standard InChI is InChI=1S/C11H13NO5/c1-7(13)8(6-10(14)16-2)12-11(15)9-4-3-5-17-9/h3-5,8H,6H2,1-2H3,(H,12,15). The van der Waals surface area contributed by atoms with Gasteiger partial charge in [-0.25, -0.2) is 0 Å². The van der Waals surface area contributed by atoms with E-state index in [0.29, 0.717) is 0 Å². The minimum atomic E-state index is -0.903. The van der Waals surface area contributed by atoms with Crippen LogP contribution in [0.25, 0.3) is 0 Å². The van der Waals surface area contributed by atoms with Crippen molar-refractivity contribution in [3.8, 4) is 0 Å². The van der Waals surface area contributed by atoms with Crippen molar-refractivity contribution in [3.05, 3.63) is 24.2 Å². The molecule has 0 spiro atoms. The Morgan fingerprint density at radius 3 is 2.65 bits per heavy atom. The molecule has 0 saturated carbocycles. The zero-order valence-electron chi connectivity index (χ0n) is 9.56. The van der Waals surface area contributed by atoms with E-state index >= 15 is 0 Å². The number of esters is 1. The fourth-order valence-corrected chi connectivity index (χ4v) is 1.18. The highest BCUT2D eigenvalue weighted by atomic mass is 16.5. The lowest BCUT2D eigenvalue weighted by atomic mass is 10.1. The first-order chi connectivity index (χ1) is 8.04. The topological polar surface area (TPSA) is 85.6 Å². The summed E-state index contributed by atoms with van der Waals surface area (Å²) >= 11 is 0. The lowest BCUT2D eigenvalue weighted by Crippen LogP contribution is -2.41. The van der Waals surface area contributed by atoms with Gasteiger partial charge in [-0.15, -0.1) is 0 Å². The molecule has 1 aromatic rings. The van der Waals surface area contributed by atoms with E-state index in [2.05, 4.69) is 10.1 Å². The fraction of sp³-hybridized carbons (Fsp3) is 0.364. The molecule has 92 valence electrons. The number of hydrogen-bond donors (Lipinski definition) is 1. The van der Waals surface area contributed by atoms with E-state index in [9.17, 15) is 14.4 Å². The van der Waals surface area contributed by atoms with E-state index in [0.717, 1.165) is 0 Å². The summed E-state index contributed by atoms with van der Waals surface area (Å²) in [4.78, 5) is 33.9. The molecule has 0 aliphatic heterocycles. The molecule has 0 aromatic carbocycles. The Kier molecular flexibility index (Phi) is 4.45. The number of rotatable bonds is 5. The number of ketones is 1. The molecule has 6 heteroatoms. The minimum Gasteiger partial charge on any atom is -0.469 e. The summed E-state index contributed by atoms with van der Waals surface area (Å²) in [6.07, 6.45) is 1.15. The number of Topliss-reactive ketones (excluding diaryl/α,β-unsaturated/α-hetero) is 1. The van der Waals surface area contributed by atoms with Gasteiger partial charge in [0.2, 0.25) is 0 Å². The van der Waals surface area contributed by atoms with E-state index in [1.807, 2.05) is 0 Å². The first kappa shape index (κ1) is 13.0. The Hall–Kier alpha value is -2.11. The van der Waals surface area contributed by atoms with Crippen LogP contribution in [0.4, 0.5) is 0 Å². The SMILES string of the molecule is COC(=O)CC(NC(=O)c1ccco1)C(C)=O. The minimum absolute atomic E-state index is 0.0844. The summed E-state index contributed by atoms with van der Waals surface area (Å²) in [5.74, 6) is -1.35. The van der Waals surface area contributed by atoms with E-state index in [1.54, 1.807) is 6.07 Å². The van der Waals surface area contributed by atoms with Crippen LogP contribution in [0.2, 0.25) is 0 Å². The quantitative estimate of drug-likeness (QED) is 0.757. The number of nitrogens with one attached hydrogen (secondary N) is 1. The highest BCUT2D eigenvalue weighted by Crippen LogP contribution is 2.02. The van der Waals surface area contributed by atoms with Crippen LogP contribution in [0.1, 0.15) is 23.9 Å². The van der Waals surface area contributed by atoms with Crippen molar-refractivity contribution in [2.75, 3.05) is 7.11 Å². The molecule has 1 amide bonds. The van der Waals surface area contributed by atoms with Gasteiger partial charge in [0.25, 0.3) is 5.91 Å². The van der Waals surface area contributed by atoms with Crippen molar-refractivity contribution < 1.29 is 23.5 Å². The number of hydrogen-bond acceptors (Lipinski definition) is 5. The molecule has 0 aliphatic carbocycles. The van der Waals surface area contributed by atoms with Gasteiger partial charge in [0.1, 0.15) is 0 Å². The molecule has 1 unspecified atom stereocenters. The van der Waals surface area contributed by atoms with Crippen LogP contribution in [0.5, 0.6) is 0 Å². The summed E-state index contributed by atoms with van der Waals surface area (Å²) in [7, 11) is 1.22. The van der Waals surface area contributed by atoms with Gasteiger partial charge < -0.3 is 14.5 Å². The second-order valence-electron chi connectivity index (χ2n) is 3.39. The van der Waals surface area contributed by atoms with Crippen LogP contribution < -0.4 is 5.32 Å². The summed E-state index contributed by atoms with van der Waals surface area (Å²) in [6, 6.07) is 2.11. The zero-order valence-corrected chi connectivity index (χ0v) is 9.56. The average Bonchev–Trinajstić information content (AvgIpc) is 2.81. The number of furan rings is 1. The Bertz CT molecular complexity index is 410. The Balaban J connectivity index is 2.64. The molecule has 1 aromatic heterocycles. The van der Waals surface area contributed by atoms with Gasteiger partial charge in [0, 0.05) is 0 Å². The van der Waals surface area contributed by atoms with Gasteiger partial charge in [0.15, 0.2) is 11.5 Å². The van der Waals surface area contributed by atoms with Crippen molar-refractivity contribution in [3.63, 3.8) is 0 Å².